The van der Waals surface area contributed by atoms with E-state index in [1.54, 1.807) is 0 Å². The maximum Gasteiger partial charge on any atom is 0.0320 e. The van der Waals surface area contributed by atoms with Crippen LogP contribution in [0.3, 0.4) is 0 Å². The highest BCUT2D eigenvalue weighted by Crippen LogP contribution is 2.28. The van der Waals surface area contributed by atoms with Gasteiger partial charge in [-0.25, -0.2) is 0 Å². The molecular weight excluding hydrogens is 242 g/mol. The molecule has 1 atom stereocenters. The van der Waals surface area contributed by atoms with Gasteiger partial charge in [0, 0.05) is 12.1 Å². The molecule has 1 aromatic rings. The second-order valence-electron chi connectivity index (χ2n) is 6.35. The van der Waals surface area contributed by atoms with Crippen LogP contribution in [0.15, 0.2) is 24.3 Å². The molecule has 20 heavy (non-hydrogen) atoms. The van der Waals surface area contributed by atoms with Crippen LogP contribution in [0.2, 0.25) is 0 Å². The smallest absolute Gasteiger partial charge is 0.0320 e. The van der Waals surface area contributed by atoms with Gasteiger partial charge >= 0.3 is 0 Å². The van der Waals surface area contributed by atoms with Gasteiger partial charge in [-0.2, -0.15) is 0 Å². The van der Waals surface area contributed by atoms with Gasteiger partial charge in [-0.05, 0) is 55.6 Å². The molecule has 112 valence electrons. The molecular formula is C19H31N. The summed E-state index contributed by atoms with van der Waals surface area (Å²) in [5.74, 6) is 0.983. The van der Waals surface area contributed by atoms with Gasteiger partial charge in [0.1, 0.15) is 0 Å². The van der Waals surface area contributed by atoms with Gasteiger partial charge in [0.15, 0.2) is 0 Å². The minimum atomic E-state index is 0.532. The van der Waals surface area contributed by atoms with Gasteiger partial charge in [-0.15, -0.1) is 0 Å². The quantitative estimate of drug-likeness (QED) is 0.745. The van der Waals surface area contributed by atoms with Crippen molar-refractivity contribution in [3.63, 3.8) is 0 Å². The lowest BCUT2D eigenvalue weighted by Gasteiger charge is -2.32. The predicted molar refractivity (Wildman–Crippen MR) is 88.0 cm³/mol. The molecule has 0 bridgehead atoms. The van der Waals surface area contributed by atoms with E-state index in [1.165, 1.54) is 49.7 Å². The Morgan fingerprint density at radius 3 is 2.15 bits per heavy atom. The van der Waals surface area contributed by atoms with Crippen LogP contribution >= 0.6 is 0 Å². The van der Waals surface area contributed by atoms with E-state index >= 15 is 0 Å². The Morgan fingerprint density at radius 1 is 1.00 bits per heavy atom. The number of rotatable bonds is 6. The Morgan fingerprint density at radius 2 is 1.65 bits per heavy atom. The first kappa shape index (κ1) is 15.6. The highest BCUT2D eigenvalue weighted by Gasteiger charge is 2.22. The second kappa shape index (κ2) is 7.83. The topological polar surface area (TPSA) is 12.0 Å². The van der Waals surface area contributed by atoms with Gasteiger partial charge in [0.2, 0.25) is 0 Å². The van der Waals surface area contributed by atoms with Crippen molar-refractivity contribution in [2.45, 2.75) is 77.8 Å². The van der Waals surface area contributed by atoms with Crippen molar-refractivity contribution >= 4 is 0 Å². The standard InChI is InChI=1S/C19H31N/c1-4-15-7-11-17(12-8-15)19(6-3)20-18-13-9-16(5-2)10-14-18/h7-8,11-12,16,18-20H,4-6,9-10,13-14H2,1-3H3. The number of nitrogens with one attached hydrogen (secondary N) is 1. The molecule has 1 aliphatic carbocycles. The van der Waals surface area contributed by atoms with Gasteiger partial charge in [-0.1, -0.05) is 51.5 Å². The lowest BCUT2D eigenvalue weighted by atomic mass is 9.84. The lowest BCUT2D eigenvalue weighted by molar-refractivity contribution is 0.267. The van der Waals surface area contributed by atoms with Crippen LogP contribution in [-0.4, -0.2) is 6.04 Å². The van der Waals surface area contributed by atoms with Crippen molar-refractivity contribution in [1.29, 1.82) is 0 Å². The van der Waals surface area contributed by atoms with Gasteiger partial charge < -0.3 is 5.32 Å². The fraction of sp³-hybridized carbons (Fsp3) is 0.684. The van der Waals surface area contributed by atoms with Crippen LogP contribution in [0.25, 0.3) is 0 Å². The highest BCUT2D eigenvalue weighted by molar-refractivity contribution is 5.25. The molecule has 0 radical (unpaired) electrons. The number of hydrogen-bond donors (Lipinski definition) is 1. The van der Waals surface area contributed by atoms with Crippen LogP contribution < -0.4 is 5.32 Å². The molecule has 0 amide bonds. The van der Waals surface area contributed by atoms with Crippen LogP contribution in [0, 0.1) is 5.92 Å². The third-order valence-electron chi connectivity index (χ3n) is 5.06. The Balaban J connectivity index is 1.91. The van der Waals surface area contributed by atoms with E-state index in [9.17, 15) is 0 Å². The summed E-state index contributed by atoms with van der Waals surface area (Å²) < 4.78 is 0. The molecule has 2 rings (SSSR count). The average Bonchev–Trinajstić information content (AvgIpc) is 2.53. The van der Waals surface area contributed by atoms with E-state index in [-0.39, 0.29) is 0 Å². The van der Waals surface area contributed by atoms with Crippen molar-refractivity contribution < 1.29 is 0 Å². The van der Waals surface area contributed by atoms with Crippen LogP contribution in [0.5, 0.6) is 0 Å². The minimum absolute atomic E-state index is 0.532. The van der Waals surface area contributed by atoms with Crippen LogP contribution in [-0.2, 0) is 6.42 Å². The van der Waals surface area contributed by atoms with E-state index in [0.717, 1.165) is 18.4 Å². The Bertz CT molecular complexity index is 373. The van der Waals surface area contributed by atoms with E-state index in [2.05, 4.69) is 50.4 Å². The monoisotopic (exact) mass is 273 g/mol. The number of benzene rings is 1. The highest BCUT2D eigenvalue weighted by atomic mass is 14.9. The summed E-state index contributed by atoms with van der Waals surface area (Å²) in [5.41, 5.74) is 2.90. The zero-order valence-electron chi connectivity index (χ0n) is 13.5. The summed E-state index contributed by atoms with van der Waals surface area (Å²) in [7, 11) is 0. The Kier molecular flexibility index (Phi) is 6.09. The summed E-state index contributed by atoms with van der Waals surface area (Å²) in [6.45, 7) is 6.85. The summed E-state index contributed by atoms with van der Waals surface area (Å²) in [4.78, 5) is 0. The molecule has 1 heteroatoms. The molecule has 0 heterocycles. The lowest BCUT2D eigenvalue weighted by Crippen LogP contribution is -2.35. The molecule has 1 unspecified atom stereocenters. The fourth-order valence-corrected chi connectivity index (χ4v) is 3.46. The van der Waals surface area contributed by atoms with Crippen molar-refractivity contribution in [2.75, 3.05) is 0 Å². The zero-order chi connectivity index (χ0) is 14.4. The molecule has 1 N–H and O–H groups in total. The molecule has 1 aromatic carbocycles. The average molecular weight is 273 g/mol. The normalized spacial score (nSPS) is 24.6. The molecule has 0 saturated heterocycles. The maximum absolute atomic E-state index is 3.90. The van der Waals surface area contributed by atoms with Gasteiger partial charge in [-0.3, -0.25) is 0 Å². The fourth-order valence-electron chi connectivity index (χ4n) is 3.46. The molecule has 0 aliphatic heterocycles. The molecule has 0 spiro atoms. The van der Waals surface area contributed by atoms with Crippen molar-refractivity contribution in [3.8, 4) is 0 Å². The molecule has 1 saturated carbocycles. The summed E-state index contributed by atoms with van der Waals surface area (Å²) in [5, 5.41) is 3.90. The van der Waals surface area contributed by atoms with E-state index < -0.39 is 0 Å². The van der Waals surface area contributed by atoms with Gasteiger partial charge in [0.25, 0.3) is 0 Å². The van der Waals surface area contributed by atoms with Gasteiger partial charge in [0.05, 0.1) is 0 Å². The third kappa shape index (κ3) is 4.09. The molecule has 1 nitrogen and oxygen atoms in total. The first-order valence-corrected chi connectivity index (χ1v) is 8.61. The Hall–Kier alpha value is -0.820. The molecule has 1 fully saturated rings. The summed E-state index contributed by atoms with van der Waals surface area (Å²) >= 11 is 0. The van der Waals surface area contributed by atoms with Crippen LogP contribution in [0.1, 0.15) is 76.5 Å². The van der Waals surface area contributed by atoms with E-state index in [0.29, 0.717) is 6.04 Å². The summed E-state index contributed by atoms with van der Waals surface area (Å²) in [6, 6.07) is 10.5. The van der Waals surface area contributed by atoms with Crippen molar-refractivity contribution in [3.05, 3.63) is 35.4 Å². The van der Waals surface area contributed by atoms with Crippen LogP contribution in [0.4, 0.5) is 0 Å². The van der Waals surface area contributed by atoms with E-state index in [4.69, 9.17) is 0 Å². The largest absolute Gasteiger partial charge is 0.307 e. The zero-order valence-corrected chi connectivity index (χ0v) is 13.5. The first-order valence-electron chi connectivity index (χ1n) is 8.61. The summed E-state index contributed by atoms with van der Waals surface area (Å²) in [6.07, 6.45) is 9.23. The Labute approximate surface area is 125 Å². The molecule has 1 aliphatic rings. The maximum atomic E-state index is 3.90. The first-order chi connectivity index (χ1) is 9.76. The van der Waals surface area contributed by atoms with E-state index in [1.807, 2.05) is 0 Å². The van der Waals surface area contributed by atoms with Crippen molar-refractivity contribution in [2.24, 2.45) is 5.92 Å². The minimum Gasteiger partial charge on any atom is -0.307 e. The SMILES string of the molecule is CCc1ccc(C(CC)NC2CCC(CC)CC2)cc1. The third-order valence-corrected chi connectivity index (χ3v) is 5.06. The molecule has 0 aromatic heterocycles. The predicted octanol–water partition coefficient (Wildman–Crippen LogP) is 5.26. The second-order valence-corrected chi connectivity index (χ2v) is 6.35. The number of hydrogen-bond acceptors (Lipinski definition) is 1. The number of aryl methyl sites for hydroxylation is 1. The van der Waals surface area contributed by atoms with Crippen molar-refractivity contribution in [1.82, 2.24) is 5.32 Å².